The topological polar surface area (TPSA) is 77.0 Å². The summed E-state index contributed by atoms with van der Waals surface area (Å²) in [7, 11) is 3.19. The van der Waals surface area contributed by atoms with E-state index in [1.807, 2.05) is 0 Å². The molecule has 0 atom stereocenters. The molecule has 0 fully saturated rings. The van der Waals surface area contributed by atoms with E-state index in [2.05, 4.69) is 5.32 Å². The van der Waals surface area contributed by atoms with Gasteiger partial charge in [-0.25, -0.2) is 4.79 Å². The molecule has 0 bridgehead atoms. The summed E-state index contributed by atoms with van der Waals surface area (Å²) in [6.45, 7) is 1.79. The lowest BCUT2D eigenvalue weighted by atomic mass is 10.1. The van der Waals surface area contributed by atoms with Crippen molar-refractivity contribution in [1.29, 1.82) is 0 Å². The molecule has 0 heterocycles. The smallest absolute Gasteiger partial charge is 0.335 e. The van der Waals surface area contributed by atoms with Crippen molar-refractivity contribution < 1.29 is 24.1 Å². The first-order chi connectivity index (χ1) is 11.6. The zero-order valence-corrected chi connectivity index (χ0v) is 13.7. The number of carboxylic acid groups (broad SMARTS) is 1. The molecule has 0 aliphatic rings. The van der Waals surface area contributed by atoms with Gasteiger partial charge in [-0.2, -0.15) is 0 Å². The second kappa shape index (κ2) is 8.79. The van der Waals surface area contributed by atoms with Gasteiger partial charge in [0.2, 0.25) is 0 Å². The highest BCUT2D eigenvalue weighted by Crippen LogP contribution is 2.27. The first-order valence-electron chi connectivity index (χ1n) is 7.51. The number of aromatic carboxylic acids is 1. The predicted octanol–water partition coefficient (Wildman–Crippen LogP) is 2.57. The van der Waals surface area contributed by atoms with Crippen molar-refractivity contribution in [3.8, 4) is 17.2 Å². The standard InChI is InChI=1S/C18H21NO5/c1-22-15-9-16(23-2)11-17(10-15)24-8-7-19-12-13-3-5-14(6-4-13)18(20)21/h3-6,9-11,19H,7-8,12H2,1-2H3,(H,20,21). The van der Waals surface area contributed by atoms with Crippen molar-refractivity contribution >= 4 is 5.97 Å². The monoisotopic (exact) mass is 331 g/mol. The second-order valence-electron chi connectivity index (χ2n) is 5.08. The summed E-state index contributed by atoms with van der Waals surface area (Å²) in [5.41, 5.74) is 1.30. The molecule has 2 N–H and O–H groups in total. The summed E-state index contributed by atoms with van der Waals surface area (Å²) in [6.07, 6.45) is 0. The molecule has 0 aliphatic heterocycles. The highest BCUT2D eigenvalue weighted by Gasteiger charge is 2.03. The molecule has 24 heavy (non-hydrogen) atoms. The molecule has 6 nitrogen and oxygen atoms in total. The van der Waals surface area contributed by atoms with Crippen LogP contribution < -0.4 is 19.5 Å². The van der Waals surface area contributed by atoms with Crippen LogP contribution in [0.15, 0.2) is 42.5 Å². The van der Waals surface area contributed by atoms with E-state index in [0.29, 0.717) is 36.9 Å². The number of nitrogens with one attached hydrogen (secondary N) is 1. The SMILES string of the molecule is COc1cc(OC)cc(OCCNCc2ccc(C(=O)O)cc2)c1. The van der Waals surface area contributed by atoms with Crippen LogP contribution in [0.1, 0.15) is 15.9 Å². The Kier molecular flexibility index (Phi) is 6.45. The molecular formula is C18H21NO5. The van der Waals surface area contributed by atoms with Gasteiger partial charge in [-0.3, -0.25) is 0 Å². The van der Waals surface area contributed by atoms with Crippen LogP contribution >= 0.6 is 0 Å². The van der Waals surface area contributed by atoms with Crippen molar-refractivity contribution in [3.05, 3.63) is 53.6 Å². The quantitative estimate of drug-likeness (QED) is 0.688. The van der Waals surface area contributed by atoms with Crippen molar-refractivity contribution in [2.75, 3.05) is 27.4 Å². The Morgan fingerprint density at radius 3 is 2.12 bits per heavy atom. The molecule has 0 saturated heterocycles. The fourth-order valence-corrected chi connectivity index (χ4v) is 2.10. The Balaban J connectivity index is 1.76. The van der Waals surface area contributed by atoms with Crippen molar-refractivity contribution in [3.63, 3.8) is 0 Å². The molecule has 0 amide bonds. The normalized spacial score (nSPS) is 10.2. The van der Waals surface area contributed by atoms with Gasteiger partial charge < -0.3 is 24.6 Å². The molecular weight excluding hydrogens is 310 g/mol. The van der Waals surface area contributed by atoms with Gasteiger partial charge in [0.15, 0.2) is 0 Å². The van der Waals surface area contributed by atoms with Crippen LogP contribution in [0, 0.1) is 0 Å². The summed E-state index contributed by atoms with van der Waals surface area (Å²) >= 11 is 0. The van der Waals surface area contributed by atoms with Crippen molar-refractivity contribution in [1.82, 2.24) is 5.32 Å². The maximum Gasteiger partial charge on any atom is 0.335 e. The molecule has 0 radical (unpaired) electrons. The molecule has 0 aromatic heterocycles. The Bertz CT molecular complexity index is 647. The molecule has 2 aromatic rings. The fourth-order valence-electron chi connectivity index (χ4n) is 2.10. The Hall–Kier alpha value is -2.73. The van der Waals surface area contributed by atoms with Gasteiger partial charge in [0.05, 0.1) is 19.8 Å². The highest BCUT2D eigenvalue weighted by atomic mass is 16.5. The lowest BCUT2D eigenvalue weighted by Gasteiger charge is -2.11. The van der Waals surface area contributed by atoms with Crippen LogP contribution in [0.2, 0.25) is 0 Å². The largest absolute Gasteiger partial charge is 0.496 e. The molecule has 0 unspecified atom stereocenters. The lowest BCUT2D eigenvalue weighted by Crippen LogP contribution is -2.20. The summed E-state index contributed by atoms with van der Waals surface area (Å²) in [4.78, 5) is 10.8. The number of methoxy groups -OCH3 is 2. The van der Waals surface area contributed by atoms with Crippen LogP contribution in [-0.4, -0.2) is 38.4 Å². The first-order valence-corrected chi connectivity index (χ1v) is 7.51. The summed E-state index contributed by atoms with van der Waals surface area (Å²) in [5, 5.41) is 12.1. The summed E-state index contributed by atoms with van der Waals surface area (Å²) in [5.74, 6) is 1.11. The fraction of sp³-hybridized carbons (Fsp3) is 0.278. The summed E-state index contributed by atoms with van der Waals surface area (Å²) in [6, 6.07) is 12.2. The number of hydrogen-bond donors (Lipinski definition) is 2. The third-order valence-electron chi connectivity index (χ3n) is 3.40. The molecule has 2 aromatic carbocycles. The third kappa shape index (κ3) is 5.17. The number of carbonyl (C=O) groups is 1. The maximum atomic E-state index is 10.8. The van der Waals surface area contributed by atoms with Crippen LogP contribution in [0.5, 0.6) is 17.2 Å². The zero-order valence-electron chi connectivity index (χ0n) is 13.7. The van der Waals surface area contributed by atoms with Crippen molar-refractivity contribution in [2.24, 2.45) is 0 Å². The Morgan fingerprint density at radius 1 is 1.00 bits per heavy atom. The van der Waals surface area contributed by atoms with Gasteiger partial charge in [-0.15, -0.1) is 0 Å². The lowest BCUT2D eigenvalue weighted by molar-refractivity contribution is 0.0697. The van der Waals surface area contributed by atoms with Gasteiger partial charge in [-0.05, 0) is 17.7 Å². The Morgan fingerprint density at radius 2 is 1.58 bits per heavy atom. The number of hydrogen-bond acceptors (Lipinski definition) is 5. The molecule has 6 heteroatoms. The van der Waals surface area contributed by atoms with E-state index in [0.717, 1.165) is 5.56 Å². The van der Waals surface area contributed by atoms with Crippen LogP contribution in [0.25, 0.3) is 0 Å². The highest BCUT2D eigenvalue weighted by molar-refractivity contribution is 5.87. The van der Waals surface area contributed by atoms with E-state index in [4.69, 9.17) is 19.3 Å². The van der Waals surface area contributed by atoms with E-state index in [9.17, 15) is 4.79 Å². The average molecular weight is 331 g/mol. The summed E-state index contributed by atoms with van der Waals surface area (Å²) < 4.78 is 16.1. The number of rotatable bonds is 9. The Labute approximate surface area is 141 Å². The van der Waals surface area contributed by atoms with E-state index >= 15 is 0 Å². The predicted molar refractivity (Wildman–Crippen MR) is 90.1 cm³/mol. The number of carboxylic acids is 1. The second-order valence-corrected chi connectivity index (χ2v) is 5.08. The number of benzene rings is 2. The van der Waals surface area contributed by atoms with E-state index in [-0.39, 0.29) is 5.56 Å². The maximum absolute atomic E-state index is 10.8. The van der Waals surface area contributed by atoms with E-state index in [1.165, 1.54) is 0 Å². The van der Waals surface area contributed by atoms with Gasteiger partial charge in [-0.1, -0.05) is 12.1 Å². The van der Waals surface area contributed by atoms with Gasteiger partial charge >= 0.3 is 5.97 Å². The minimum absolute atomic E-state index is 0.286. The van der Waals surface area contributed by atoms with E-state index < -0.39 is 5.97 Å². The van der Waals surface area contributed by atoms with Crippen molar-refractivity contribution in [2.45, 2.75) is 6.54 Å². The van der Waals surface area contributed by atoms with Gasteiger partial charge in [0.1, 0.15) is 23.9 Å². The van der Waals surface area contributed by atoms with Crippen LogP contribution in [0.4, 0.5) is 0 Å². The molecule has 128 valence electrons. The van der Waals surface area contributed by atoms with Crippen LogP contribution in [0.3, 0.4) is 0 Å². The first kappa shape index (κ1) is 17.6. The third-order valence-corrected chi connectivity index (χ3v) is 3.40. The number of ether oxygens (including phenoxy) is 3. The average Bonchev–Trinajstić information content (AvgIpc) is 2.61. The molecule has 2 rings (SSSR count). The van der Waals surface area contributed by atoms with Crippen LogP contribution in [-0.2, 0) is 6.54 Å². The molecule has 0 saturated carbocycles. The van der Waals surface area contributed by atoms with Gasteiger partial charge in [0, 0.05) is 31.3 Å². The van der Waals surface area contributed by atoms with E-state index in [1.54, 1.807) is 56.7 Å². The zero-order chi connectivity index (χ0) is 17.4. The minimum atomic E-state index is -0.920. The molecule has 0 aliphatic carbocycles. The minimum Gasteiger partial charge on any atom is -0.496 e. The molecule has 0 spiro atoms. The van der Waals surface area contributed by atoms with Gasteiger partial charge in [0.25, 0.3) is 0 Å².